The average molecular weight is 340 g/mol. The highest BCUT2D eigenvalue weighted by Gasteiger charge is 2.14. The first kappa shape index (κ1) is 18.2. The van der Waals surface area contributed by atoms with Crippen molar-refractivity contribution < 1.29 is 14.5 Å². The summed E-state index contributed by atoms with van der Waals surface area (Å²) < 4.78 is 5.64. The van der Waals surface area contributed by atoms with Crippen LogP contribution in [-0.2, 0) is 4.79 Å². The lowest BCUT2D eigenvalue weighted by Gasteiger charge is -2.08. The Hall–Kier alpha value is -3.15. The van der Waals surface area contributed by atoms with Crippen molar-refractivity contribution in [3.05, 3.63) is 69.8 Å². The maximum absolute atomic E-state index is 12.1. The molecule has 0 aliphatic carbocycles. The van der Waals surface area contributed by atoms with Crippen LogP contribution in [0.5, 0.6) is 5.75 Å². The summed E-state index contributed by atoms with van der Waals surface area (Å²) in [5.41, 5.74) is 1.60. The smallest absolute Gasteiger partial charge is 0.274 e. The maximum Gasteiger partial charge on any atom is 0.274 e. The summed E-state index contributed by atoms with van der Waals surface area (Å²) in [6, 6.07) is 12.0. The van der Waals surface area contributed by atoms with Crippen LogP contribution in [0.15, 0.2) is 48.5 Å². The lowest BCUT2D eigenvalue weighted by atomic mass is 10.1. The predicted molar refractivity (Wildman–Crippen MR) is 97.7 cm³/mol. The van der Waals surface area contributed by atoms with Gasteiger partial charge in [-0.15, -0.1) is 0 Å². The molecule has 2 aromatic rings. The molecule has 0 saturated carbocycles. The van der Waals surface area contributed by atoms with E-state index in [4.69, 9.17) is 4.74 Å². The van der Waals surface area contributed by atoms with E-state index in [1.807, 2.05) is 31.2 Å². The maximum atomic E-state index is 12.1. The number of nitrogens with zero attached hydrogens (tertiary/aromatic N) is 1. The third-order valence-corrected chi connectivity index (χ3v) is 3.55. The molecule has 1 N–H and O–H groups in total. The van der Waals surface area contributed by atoms with E-state index in [0.717, 1.165) is 12.0 Å². The number of benzene rings is 2. The van der Waals surface area contributed by atoms with Crippen molar-refractivity contribution in [2.75, 3.05) is 11.9 Å². The van der Waals surface area contributed by atoms with Crippen molar-refractivity contribution in [3.8, 4) is 5.75 Å². The molecule has 0 atom stereocenters. The Morgan fingerprint density at radius 3 is 2.72 bits per heavy atom. The molecule has 0 aromatic heterocycles. The second-order valence-corrected chi connectivity index (χ2v) is 5.42. The summed E-state index contributed by atoms with van der Waals surface area (Å²) >= 11 is 0. The Balaban J connectivity index is 2.12. The number of nitrogens with one attached hydrogen (secondary N) is 1. The van der Waals surface area contributed by atoms with Gasteiger partial charge < -0.3 is 10.1 Å². The summed E-state index contributed by atoms with van der Waals surface area (Å²) in [5.74, 6) is 0.342. The molecule has 0 spiro atoms. The Labute approximate surface area is 146 Å². The van der Waals surface area contributed by atoms with Crippen LogP contribution in [-0.4, -0.2) is 17.4 Å². The number of nitro benzene ring substituents is 1. The van der Waals surface area contributed by atoms with Crippen molar-refractivity contribution >= 4 is 23.4 Å². The minimum Gasteiger partial charge on any atom is -0.493 e. The van der Waals surface area contributed by atoms with Gasteiger partial charge in [-0.25, -0.2) is 0 Å². The average Bonchev–Trinajstić information content (AvgIpc) is 2.60. The number of anilines is 1. The van der Waals surface area contributed by atoms with Crippen LogP contribution in [0.3, 0.4) is 0 Å². The molecular weight excluding hydrogens is 320 g/mol. The fraction of sp³-hybridized carbons (Fsp3) is 0.211. The van der Waals surface area contributed by atoms with E-state index in [1.54, 1.807) is 25.1 Å². The van der Waals surface area contributed by atoms with Crippen molar-refractivity contribution in [2.45, 2.75) is 20.3 Å². The Kier molecular flexibility index (Phi) is 6.28. The van der Waals surface area contributed by atoms with Crippen LogP contribution < -0.4 is 10.1 Å². The minimum atomic E-state index is -0.470. The Morgan fingerprint density at radius 1 is 1.24 bits per heavy atom. The third-order valence-electron chi connectivity index (χ3n) is 3.55. The largest absolute Gasteiger partial charge is 0.493 e. The van der Waals surface area contributed by atoms with Gasteiger partial charge in [-0.2, -0.15) is 0 Å². The number of ether oxygens (including phenoxy) is 1. The number of carbonyl (C=O) groups is 1. The molecule has 0 heterocycles. The van der Waals surface area contributed by atoms with E-state index in [2.05, 4.69) is 5.32 Å². The molecule has 0 bridgehead atoms. The van der Waals surface area contributed by atoms with Gasteiger partial charge in [0.1, 0.15) is 5.75 Å². The Morgan fingerprint density at radius 2 is 2.00 bits per heavy atom. The van der Waals surface area contributed by atoms with E-state index in [0.29, 0.717) is 23.6 Å². The van der Waals surface area contributed by atoms with Gasteiger partial charge in [0.25, 0.3) is 5.69 Å². The van der Waals surface area contributed by atoms with Gasteiger partial charge in [0.15, 0.2) is 0 Å². The number of amides is 1. The summed E-state index contributed by atoms with van der Waals surface area (Å²) in [6.45, 7) is 4.22. The molecule has 130 valence electrons. The van der Waals surface area contributed by atoms with Gasteiger partial charge in [-0.3, -0.25) is 14.9 Å². The van der Waals surface area contributed by atoms with E-state index in [9.17, 15) is 14.9 Å². The zero-order valence-corrected chi connectivity index (χ0v) is 14.2. The predicted octanol–water partition coefficient (Wildman–Crippen LogP) is 4.34. The molecule has 0 aliphatic heterocycles. The molecule has 0 radical (unpaired) electrons. The fourth-order valence-corrected chi connectivity index (χ4v) is 2.26. The lowest BCUT2D eigenvalue weighted by Crippen LogP contribution is -2.09. The third kappa shape index (κ3) is 4.91. The number of hydrogen-bond donors (Lipinski definition) is 1. The molecule has 2 rings (SSSR count). The number of nitro groups is 1. The molecule has 0 aliphatic rings. The summed E-state index contributed by atoms with van der Waals surface area (Å²) in [7, 11) is 0. The highest BCUT2D eigenvalue weighted by Crippen LogP contribution is 2.25. The summed E-state index contributed by atoms with van der Waals surface area (Å²) in [5, 5.41) is 13.6. The SMILES string of the molecule is CCCOc1ccccc1/C=C/C(=O)Nc1cccc([N+](=O)[O-])c1C. The van der Waals surface area contributed by atoms with Gasteiger partial charge in [0, 0.05) is 17.7 Å². The standard InChI is InChI=1S/C19H20N2O4/c1-3-13-25-18-10-5-4-7-15(18)11-12-19(22)20-16-8-6-9-17(14(16)2)21(23)24/h4-12H,3,13H2,1-2H3,(H,20,22)/b12-11+. The van der Waals surface area contributed by atoms with Gasteiger partial charge in [-0.1, -0.05) is 31.2 Å². The first-order valence-electron chi connectivity index (χ1n) is 7.97. The van der Waals surface area contributed by atoms with Crippen molar-refractivity contribution in [1.29, 1.82) is 0 Å². The topological polar surface area (TPSA) is 81.5 Å². The van der Waals surface area contributed by atoms with E-state index >= 15 is 0 Å². The summed E-state index contributed by atoms with van der Waals surface area (Å²) in [6.07, 6.45) is 3.93. The fourth-order valence-electron chi connectivity index (χ4n) is 2.26. The van der Waals surface area contributed by atoms with Gasteiger partial charge in [-0.05, 0) is 31.6 Å². The van der Waals surface area contributed by atoms with Gasteiger partial charge >= 0.3 is 0 Å². The van der Waals surface area contributed by atoms with Crippen LogP contribution in [0.2, 0.25) is 0 Å². The molecule has 2 aromatic carbocycles. The van der Waals surface area contributed by atoms with Crippen molar-refractivity contribution in [2.24, 2.45) is 0 Å². The molecule has 0 saturated heterocycles. The number of rotatable bonds is 7. The molecule has 6 nitrogen and oxygen atoms in total. The number of carbonyl (C=O) groups excluding carboxylic acids is 1. The molecule has 6 heteroatoms. The van der Waals surface area contributed by atoms with Crippen molar-refractivity contribution in [3.63, 3.8) is 0 Å². The summed E-state index contributed by atoms with van der Waals surface area (Å²) in [4.78, 5) is 22.6. The van der Waals surface area contributed by atoms with Crippen molar-refractivity contribution in [1.82, 2.24) is 0 Å². The molecule has 25 heavy (non-hydrogen) atoms. The highest BCUT2D eigenvalue weighted by atomic mass is 16.6. The molecule has 0 fully saturated rings. The molecular formula is C19H20N2O4. The van der Waals surface area contributed by atoms with E-state index in [1.165, 1.54) is 12.1 Å². The second kappa shape index (κ2) is 8.63. The van der Waals surface area contributed by atoms with Gasteiger partial charge in [0.05, 0.1) is 22.8 Å². The van der Waals surface area contributed by atoms with Crippen LogP contribution in [0.25, 0.3) is 6.08 Å². The molecule has 0 unspecified atom stereocenters. The zero-order valence-electron chi connectivity index (χ0n) is 14.2. The van der Waals surface area contributed by atoms with Crippen LogP contribution >= 0.6 is 0 Å². The quantitative estimate of drug-likeness (QED) is 0.462. The van der Waals surface area contributed by atoms with Crippen LogP contribution in [0.4, 0.5) is 11.4 Å². The normalized spacial score (nSPS) is 10.6. The lowest BCUT2D eigenvalue weighted by molar-refractivity contribution is -0.385. The number of para-hydroxylation sites is 1. The van der Waals surface area contributed by atoms with Crippen LogP contribution in [0, 0.1) is 17.0 Å². The monoisotopic (exact) mass is 340 g/mol. The zero-order chi connectivity index (χ0) is 18.2. The van der Waals surface area contributed by atoms with E-state index < -0.39 is 4.92 Å². The first-order chi connectivity index (χ1) is 12.0. The minimum absolute atomic E-state index is 0.0277. The molecule has 1 amide bonds. The first-order valence-corrected chi connectivity index (χ1v) is 7.97. The van der Waals surface area contributed by atoms with E-state index in [-0.39, 0.29) is 11.6 Å². The Bertz CT molecular complexity index is 800. The number of hydrogen-bond acceptors (Lipinski definition) is 4. The second-order valence-electron chi connectivity index (χ2n) is 5.42. The van der Waals surface area contributed by atoms with Gasteiger partial charge in [0.2, 0.25) is 5.91 Å². The van der Waals surface area contributed by atoms with Crippen LogP contribution in [0.1, 0.15) is 24.5 Å². The highest BCUT2D eigenvalue weighted by molar-refractivity contribution is 6.02.